The Morgan fingerprint density at radius 3 is 2.87 bits per heavy atom. The average molecular weight is 223 g/mol. The fourth-order valence-corrected chi connectivity index (χ4v) is 3.74. The average Bonchev–Trinajstić information content (AvgIpc) is 2.66. The molecule has 0 saturated heterocycles. The second-order valence-corrected chi connectivity index (χ2v) is 5.82. The maximum Gasteiger partial charge on any atom is 0.0583 e. The minimum Gasteiger partial charge on any atom is -0.312 e. The molecule has 1 N–H and O–H groups in total. The molecular weight excluding hydrogens is 206 g/mol. The second-order valence-electron chi connectivity index (χ2n) is 3.88. The van der Waals surface area contributed by atoms with E-state index in [4.69, 9.17) is 0 Å². The van der Waals surface area contributed by atoms with Crippen LogP contribution in [0.25, 0.3) is 0 Å². The molecule has 3 atom stereocenters. The van der Waals surface area contributed by atoms with Crippen molar-refractivity contribution in [1.82, 2.24) is 5.32 Å². The van der Waals surface area contributed by atoms with Gasteiger partial charge in [0.25, 0.3) is 0 Å². The Kier molecular flexibility index (Phi) is 3.22. The van der Waals surface area contributed by atoms with Gasteiger partial charge in [-0.3, -0.25) is 4.21 Å². The van der Waals surface area contributed by atoms with E-state index in [1.807, 2.05) is 14.0 Å². The van der Waals surface area contributed by atoms with Crippen LogP contribution in [0.15, 0.2) is 24.3 Å². The van der Waals surface area contributed by atoms with Crippen LogP contribution >= 0.6 is 0 Å². The van der Waals surface area contributed by atoms with Crippen molar-refractivity contribution in [3.05, 3.63) is 35.4 Å². The highest BCUT2D eigenvalue weighted by molar-refractivity contribution is 7.85. The van der Waals surface area contributed by atoms with E-state index in [0.717, 1.165) is 12.2 Å². The molecule has 0 fully saturated rings. The number of hydrogen-bond donors (Lipinski definition) is 1. The summed E-state index contributed by atoms with van der Waals surface area (Å²) in [5, 5.41) is 3.54. The molecule has 82 valence electrons. The van der Waals surface area contributed by atoms with Crippen molar-refractivity contribution >= 4 is 10.8 Å². The molecule has 15 heavy (non-hydrogen) atoms. The van der Waals surface area contributed by atoms with E-state index >= 15 is 0 Å². The normalized spacial score (nSPS) is 26.3. The smallest absolute Gasteiger partial charge is 0.0583 e. The van der Waals surface area contributed by atoms with Crippen LogP contribution < -0.4 is 5.32 Å². The van der Waals surface area contributed by atoms with Gasteiger partial charge < -0.3 is 5.32 Å². The third kappa shape index (κ3) is 1.86. The summed E-state index contributed by atoms with van der Waals surface area (Å²) in [5.74, 6) is 0.747. The predicted octanol–water partition coefficient (Wildman–Crippen LogP) is 1.64. The maximum atomic E-state index is 11.9. The molecule has 1 aliphatic carbocycles. The van der Waals surface area contributed by atoms with E-state index in [9.17, 15) is 4.21 Å². The summed E-state index contributed by atoms with van der Waals surface area (Å²) in [5.41, 5.74) is 2.68. The summed E-state index contributed by atoms with van der Waals surface area (Å²) in [6, 6.07) is 8.67. The largest absolute Gasteiger partial charge is 0.312 e. The zero-order valence-electron chi connectivity index (χ0n) is 9.19. The summed E-state index contributed by atoms with van der Waals surface area (Å²) in [6.07, 6.45) is 0.947. The Morgan fingerprint density at radius 1 is 1.47 bits per heavy atom. The Hall–Kier alpha value is -0.670. The molecule has 2 nitrogen and oxygen atoms in total. The minimum atomic E-state index is -0.721. The molecule has 0 amide bonds. The van der Waals surface area contributed by atoms with E-state index in [-0.39, 0.29) is 11.3 Å². The van der Waals surface area contributed by atoms with Crippen LogP contribution in [0.4, 0.5) is 0 Å². The van der Waals surface area contributed by atoms with Crippen molar-refractivity contribution in [1.29, 1.82) is 0 Å². The summed E-state index contributed by atoms with van der Waals surface area (Å²) < 4.78 is 11.9. The van der Waals surface area contributed by atoms with Crippen LogP contribution in [0.2, 0.25) is 0 Å². The van der Waals surface area contributed by atoms with Crippen LogP contribution in [0.1, 0.15) is 24.1 Å². The lowest BCUT2D eigenvalue weighted by atomic mass is 10.1. The number of fused-ring (bicyclic) bond motifs is 1. The van der Waals surface area contributed by atoms with Crippen molar-refractivity contribution in [2.75, 3.05) is 12.8 Å². The Bertz CT molecular complexity index is 378. The van der Waals surface area contributed by atoms with Crippen LogP contribution in [-0.4, -0.2) is 22.3 Å². The van der Waals surface area contributed by atoms with Crippen molar-refractivity contribution in [2.45, 2.75) is 24.6 Å². The van der Waals surface area contributed by atoms with E-state index in [0.29, 0.717) is 0 Å². The fraction of sp³-hybridized carbons (Fsp3) is 0.500. The van der Waals surface area contributed by atoms with Gasteiger partial charge in [-0.05, 0) is 24.6 Å². The van der Waals surface area contributed by atoms with Crippen LogP contribution in [0.3, 0.4) is 0 Å². The number of rotatable bonds is 3. The lowest BCUT2D eigenvalue weighted by Crippen LogP contribution is -2.30. The first kappa shape index (κ1) is 10.8. The van der Waals surface area contributed by atoms with Crippen LogP contribution in [0.5, 0.6) is 0 Å². The molecule has 0 radical (unpaired) electrons. The monoisotopic (exact) mass is 223 g/mol. The molecule has 0 aromatic heterocycles. The maximum absolute atomic E-state index is 11.9. The van der Waals surface area contributed by atoms with E-state index < -0.39 is 10.8 Å². The van der Waals surface area contributed by atoms with Gasteiger partial charge in [0.15, 0.2) is 0 Å². The SMILES string of the molecule is CCS(=O)C1Cc2ccccc2C1NC. The quantitative estimate of drug-likeness (QED) is 0.844. The van der Waals surface area contributed by atoms with E-state index in [1.54, 1.807) is 0 Å². The number of benzene rings is 1. The van der Waals surface area contributed by atoms with Gasteiger partial charge in [-0.1, -0.05) is 31.2 Å². The predicted molar refractivity (Wildman–Crippen MR) is 64.4 cm³/mol. The molecule has 1 aliphatic rings. The van der Waals surface area contributed by atoms with Gasteiger partial charge in [0, 0.05) is 22.6 Å². The Labute approximate surface area is 93.5 Å². The molecule has 0 bridgehead atoms. The van der Waals surface area contributed by atoms with Gasteiger partial charge in [0.2, 0.25) is 0 Å². The van der Waals surface area contributed by atoms with Gasteiger partial charge in [0.1, 0.15) is 0 Å². The van der Waals surface area contributed by atoms with E-state index in [2.05, 4.69) is 29.6 Å². The summed E-state index contributed by atoms with van der Waals surface area (Å²) >= 11 is 0. The van der Waals surface area contributed by atoms with Crippen LogP contribution in [-0.2, 0) is 17.2 Å². The lowest BCUT2D eigenvalue weighted by molar-refractivity contribution is 0.581. The Morgan fingerprint density at radius 2 is 2.20 bits per heavy atom. The first-order valence-corrected chi connectivity index (χ1v) is 6.78. The molecule has 0 spiro atoms. The molecule has 2 rings (SSSR count). The Balaban J connectivity index is 2.32. The highest BCUT2D eigenvalue weighted by Crippen LogP contribution is 2.33. The van der Waals surface area contributed by atoms with Gasteiger partial charge in [0.05, 0.1) is 5.25 Å². The molecule has 1 aromatic rings. The highest BCUT2D eigenvalue weighted by atomic mass is 32.2. The van der Waals surface area contributed by atoms with Gasteiger partial charge in [-0.25, -0.2) is 0 Å². The number of hydrogen-bond acceptors (Lipinski definition) is 2. The van der Waals surface area contributed by atoms with Crippen molar-refractivity contribution in [3.8, 4) is 0 Å². The summed E-state index contributed by atoms with van der Waals surface area (Å²) in [7, 11) is 1.23. The molecule has 0 heterocycles. The van der Waals surface area contributed by atoms with Gasteiger partial charge >= 0.3 is 0 Å². The molecule has 0 aliphatic heterocycles. The van der Waals surface area contributed by atoms with Crippen LogP contribution in [0, 0.1) is 0 Å². The highest BCUT2D eigenvalue weighted by Gasteiger charge is 2.34. The lowest BCUT2D eigenvalue weighted by Gasteiger charge is -2.18. The zero-order valence-corrected chi connectivity index (χ0v) is 10.0. The summed E-state index contributed by atoms with van der Waals surface area (Å²) in [6.45, 7) is 1.99. The fourth-order valence-electron chi connectivity index (χ4n) is 2.36. The van der Waals surface area contributed by atoms with Crippen molar-refractivity contribution < 1.29 is 4.21 Å². The topological polar surface area (TPSA) is 29.1 Å². The van der Waals surface area contributed by atoms with Crippen molar-refractivity contribution in [3.63, 3.8) is 0 Å². The standard InChI is InChI=1S/C12H17NOS/c1-3-15(14)11-8-9-6-4-5-7-10(9)12(11)13-2/h4-7,11-13H,3,8H2,1-2H3. The van der Waals surface area contributed by atoms with Gasteiger partial charge in [-0.2, -0.15) is 0 Å². The molecule has 3 unspecified atom stereocenters. The molecule has 0 saturated carbocycles. The first-order valence-electron chi connectivity index (χ1n) is 5.40. The van der Waals surface area contributed by atoms with E-state index in [1.165, 1.54) is 11.1 Å². The minimum absolute atomic E-state index is 0.248. The summed E-state index contributed by atoms with van der Waals surface area (Å²) in [4.78, 5) is 0. The third-order valence-electron chi connectivity index (χ3n) is 3.12. The second kappa shape index (κ2) is 4.45. The van der Waals surface area contributed by atoms with Crippen molar-refractivity contribution in [2.24, 2.45) is 0 Å². The third-order valence-corrected chi connectivity index (χ3v) is 4.80. The number of nitrogens with one attached hydrogen (secondary N) is 1. The molecule has 1 aromatic carbocycles. The molecular formula is C12H17NOS. The zero-order chi connectivity index (χ0) is 10.8. The van der Waals surface area contributed by atoms with Gasteiger partial charge in [-0.15, -0.1) is 0 Å². The first-order chi connectivity index (χ1) is 7.27. The molecule has 3 heteroatoms.